The maximum atomic E-state index is 13.4. The molecule has 2 heterocycles. The fourth-order valence-corrected chi connectivity index (χ4v) is 6.33. The van der Waals surface area contributed by atoms with Gasteiger partial charge in [0, 0.05) is 30.3 Å². The number of hydrogen-bond acceptors (Lipinski definition) is 6. The van der Waals surface area contributed by atoms with Crippen LogP contribution in [0.5, 0.6) is 5.75 Å². The van der Waals surface area contributed by atoms with Crippen molar-refractivity contribution in [1.82, 2.24) is 14.7 Å². The highest BCUT2D eigenvalue weighted by atomic mass is 35.5. The van der Waals surface area contributed by atoms with Gasteiger partial charge >= 0.3 is 5.97 Å². The summed E-state index contributed by atoms with van der Waals surface area (Å²) in [6, 6.07) is 15.4. The van der Waals surface area contributed by atoms with Crippen LogP contribution >= 0.6 is 35.6 Å². The zero-order valence-corrected chi connectivity index (χ0v) is 26.1. The molecule has 2 aromatic carbocycles. The van der Waals surface area contributed by atoms with Gasteiger partial charge in [-0.15, -0.1) is 0 Å². The standard InChI is InChI=1S/C32H36ClN3O4S2/c1-2-40-27-18-17-23(20-26(27)33)30-24(22-36(34-30)25-14-10-9-11-15-25)21-28-31(39)35(32(41)42-28)19-13-8-6-4-3-5-7-12-16-29(37)38/h9-11,14-15,17-18,20-22H,2-8,12-13,16,19H2,1H3,(H,37,38). The van der Waals surface area contributed by atoms with Crippen molar-refractivity contribution in [2.45, 2.75) is 64.7 Å². The summed E-state index contributed by atoms with van der Waals surface area (Å²) in [7, 11) is 0. The van der Waals surface area contributed by atoms with Gasteiger partial charge in [-0.3, -0.25) is 14.5 Å². The fourth-order valence-electron chi connectivity index (χ4n) is 4.79. The number of halogens is 1. The molecule has 0 bridgehead atoms. The second kappa shape index (κ2) is 15.9. The van der Waals surface area contributed by atoms with Crippen molar-refractivity contribution in [3.05, 3.63) is 70.2 Å². The number of carbonyl (C=O) groups is 2. The average Bonchev–Trinajstić information content (AvgIpc) is 3.51. The molecule has 4 rings (SSSR count). The molecule has 1 amide bonds. The molecule has 0 spiro atoms. The zero-order valence-electron chi connectivity index (χ0n) is 23.8. The summed E-state index contributed by atoms with van der Waals surface area (Å²) >= 11 is 13.4. The van der Waals surface area contributed by atoms with Gasteiger partial charge in [-0.2, -0.15) is 5.10 Å². The fraction of sp³-hybridized carbons (Fsp3) is 0.375. The Morgan fingerprint density at radius 2 is 1.74 bits per heavy atom. The summed E-state index contributed by atoms with van der Waals surface area (Å²) in [5.74, 6) is -0.184. The lowest BCUT2D eigenvalue weighted by atomic mass is 10.1. The number of thioether (sulfide) groups is 1. The minimum Gasteiger partial charge on any atom is -0.492 e. The smallest absolute Gasteiger partial charge is 0.303 e. The first-order chi connectivity index (χ1) is 20.4. The van der Waals surface area contributed by atoms with E-state index in [0.717, 1.165) is 68.2 Å². The second-order valence-electron chi connectivity index (χ2n) is 10.1. The molecule has 1 aliphatic heterocycles. The van der Waals surface area contributed by atoms with E-state index in [1.165, 1.54) is 11.8 Å². The summed E-state index contributed by atoms with van der Waals surface area (Å²) in [5.41, 5.74) is 3.23. The maximum absolute atomic E-state index is 13.4. The predicted octanol–water partition coefficient (Wildman–Crippen LogP) is 8.39. The van der Waals surface area contributed by atoms with Crippen LogP contribution in [0.3, 0.4) is 0 Å². The lowest BCUT2D eigenvalue weighted by molar-refractivity contribution is -0.137. The Morgan fingerprint density at radius 1 is 1.05 bits per heavy atom. The monoisotopic (exact) mass is 625 g/mol. The van der Waals surface area contributed by atoms with Crippen molar-refractivity contribution in [2.75, 3.05) is 13.2 Å². The number of amides is 1. The van der Waals surface area contributed by atoms with Crippen LogP contribution < -0.4 is 4.74 Å². The number of ether oxygens (including phenoxy) is 1. The first-order valence-electron chi connectivity index (χ1n) is 14.4. The number of carboxylic acid groups (broad SMARTS) is 1. The van der Waals surface area contributed by atoms with Crippen LogP contribution in [-0.4, -0.2) is 49.1 Å². The molecule has 0 saturated carbocycles. The first-order valence-corrected chi connectivity index (χ1v) is 16.0. The molecule has 0 radical (unpaired) electrons. The van der Waals surface area contributed by atoms with Crippen LogP contribution in [-0.2, 0) is 9.59 Å². The van der Waals surface area contributed by atoms with Crippen molar-refractivity contribution >= 4 is 57.9 Å². The molecule has 222 valence electrons. The third kappa shape index (κ3) is 8.69. The summed E-state index contributed by atoms with van der Waals surface area (Å²) in [6.45, 7) is 3.03. The van der Waals surface area contributed by atoms with E-state index >= 15 is 0 Å². The molecule has 1 N–H and O–H groups in total. The Bertz CT molecular complexity index is 1420. The molecule has 10 heteroatoms. The number of benzene rings is 2. The van der Waals surface area contributed by atoms with Gasteiger partial charge < -0.3 is 9.84 Å². The number of unbranched alkanes of at least 4 members (excludes halogenated alkanes) is 7. The highest BCUT2D eigenvalue weighted by Gasteiger charge is 2.32. The molecule has 1 saturated heterocycles. The number of aromatic nitrogens is 2. The van der Waals surface area contributed by atoms with E-state index in [1.807, 2.05) is 67.7 Å². The number of carboxylic acids is 1. The maximum Gasteiger partial charge on any atom is 0.303 e. The van der Waals surface area contributed by atoms with Crippen LogP contribution in [0, 0.1) is 0 Å². The van der Waals surface area contributed by atoms with Gasteiger partial charge in [0.25, 0.3) is 5.91 Å². The lowest BCUT2D eigenvalue weighted by Crippen LogP contribution is -2.29. The number of rotatable bonds is 16. The second-order valence-corrected chi connectivity index (χ2v) is 12.2. The number of hydrogen-bond donors (Lipinski definition) is 1. The Hall–Kier alpha value is -3.14. The Kier molecular flexibility index (Phi) is 12.0. The highest BCUT2D eigenvalue weighted by molar-refractivity contribution is 8.26. The van der Waals surface area contributed by atoms with E-state index in [2.05, 4.69) is 0 Å². The van der Waals surface area contributed by atoms with E-state index in [1.54, 1.807) is 9.58 Å². The molecule has 7 nitrogen and oxygen atoms in total. The number of thiocarbonyl (C=S) groups is 1. The largest absolute Gasteiger partial charge is 0.492 e. The van der Waals surface area contributed by atoms with E-state index in [4.69, 9.17) is 38.8 Å². The Labute approximate surface area is 261 Å². The number of carbonyl (C=O) groups excluding carboxylic acids is 1. The number of para-hydroxylation sites is 1. The van der Waals surface area contributed by atoms with Crippen molar-refractivity contribution in [3.63, 3.8) is 0 Å². The third-order valence-electron chi connectivity index (χ3n) is 6.95. The molecule has 3 aromatic rings. The topological polar surface area (TPSA) is 84.7 Å². The minimum absolute atomic E-state index is 0.0773. The van der Waals surface area contributed by atoms with Gasteiger partial charge in [-0.25, -0.2) is 4.68 Å². The molecule has 1 fully saturated rings. The van der Waals surface area contributed by atoms with Crippen molar-refractivity contribution in [1.29, 1.82) is 0 Å². The molecule has 0 aliphatic carbocycles. The molecule has 1 aromatic heterocycles. The van der Waals surface area contributed by atoms with Crippen LogP contribution in [0.25, 0.3) is 23.0 Å². The van der Waals surface area contributed by atoms with Gasteiger partial charge in [-0.05, 0) is 56.2 Å². The predicted molar refractivity (Wildman–Crippen MR) is 174 cm³/mol. The van der Waals surface area contributed by atoms with Crippen LogP contribution in [0.15, 0.2) is 59.6 Å². The number of aliphatic carboxylic acids is 1. The van der Waals surface area contributed by atoms with Crippen molar-refractivity contribution in [2.24, 2.45) is 0 Å². The van der Waals surface area contributed by atoms with E-state index in [-0.39, 0.29) is 12.3 Å². The van der Waals surface area contributed by atoms with Crippen LogP contribution in [0.2, 0.25) is 5.02 Å². The van der Waals surface area contributed by atoms with Crippen LogP contribution in [0.4, 0.5) is 0 Å². The van der Waals surface area contributed by atoms with Gasteiger partial charge in [0.2, 0.25) is 0 Å². The highest BCUT2D eigenvalue weighted by Crippen LogP contribution is 2.36. The summed E-state index contributed by atoms with van der Waals surface area (Å²) < 4.78 is 7.98. The molecule has 42 heavy (non-hydrogen) atoms. The normalized spacial score (nSPS) is 14.2. The van der Waals surface area contributed by atoms with Gasteiger partial charge in [0.15, 0.2) is 0 Å². The van der Waals surface area contributed by atoms with Crippen LogP contribution in [0.1, 0.15) is 70.3 Å². The molecule has 0 unspecified atom stereocenters. The first kappa shape index (κ1) is 31.8. The molecular weight excluding hydrogens is 590 g/mol. The summed E-state index contributed by atoms with van der Waals surface area (Å²) in [5, 5.41) is 14.1. The minimum atomic E-state index is -0.721. The third-order valence-corrected chi connectivity index (χ3v) is 8.62. The van der Waals surface area contributed by atoms with Gasteiger partial charge in [0.1, 0.15) is 15.8 Å². The van der Waals surface area contributed by atoms with E-state index in [9.17, 15) is 9.59 Å². The average molecular weight is 626 g/mol. The molecule has 0 atom stereocenters. The SMILES string of the molecule is CCOc1ccc(-c2nn(-c3ccccc3)cc2C=C2SC(=S)N(CCCCCCCCCCC(=O)O)C2=O)cc1Cl. The molecular formula is C32H36ClN3O4S2. The van der Waals surface area contributed by atoms with Gasteiger partial charge in [-0.1, -0.05) is 92.3 Å². The van der Waals surface area contributed by atoms with Crippen molar-refractivity contribution in [3.8, 4) is 22.7 Å². The summed E-state index contributed by atoms with van der Waals surface area (Å²) in [4.78, 5) is 26.2. The van der Waals surface area contributed by atoms with E-state index < -0.39 is 5.97 Å². The Morgan fingerprint density at radius 3 is 2.40 bits per heavy atom. The molecule has 1 aliphatic rings. The lowest BCUT2D eigenvalue weighted by Gasteiger charge is -2.14. The van der Waals surface area contributed by atoms with Gasteiger partial charge in [0.05, 0.1) is 22.2 Å². The zero-order chi connectivity index (χ0) is 29.9. The summed E-state index contributed by atoms with van der Waals surface area (Å²) in [6.07, 6.45) is 12.1. The van der Waals surface area contributed by atoms with E-state index in [0.29, 0.717) is 38.8 Å². The quantitative estimate of drug-likeness (QED) is 0.0972. The van der Waals surface area contributed by atoms with Crippen molar-refractivity contribution < 1.29 is 19.4 Å². The number of nitrogens with zero attached hydrogens (tertiary/aromatic N) is 3. The Balaban J connectivity index is 1.42.